The van der Waals surface area contributed by atoms with Gasteiger partial charge in [-0.1, -0.05) is 56.5 Å². The summed E-state index contributed by atoms with van der Waals surface area (Å²) in [7, 11) is -4.71. The van der Waals surface area contributed by atoms with E-state index < -0.39 is 21.0 Å². The van der Waals surface area contributed by atoms with Gasteiger partial charge in [0.05, 0.1) is 12.0 Å². The molecule has 2 aromatic carbocycles. The number of nitrogens with one attached hydrogen (secondary N) is 1. The topological polar surface area (TPSA) is 99.6 Å². The Morgan fingerprint density at radius 2 is 1.80 bits per heavy atom. The molecule has 0 saturated heterocycles. The minimum absolute atomic E-state index is 0.480. The monoisotopic (exact) mass is 431 g/mol. The average Bonchev–Trinajstić information content (AvgIpc) is 3.16. The quantitative estimate of drug-likeness (QED) is 0.321. The largest absolute Gasteiger partial charge is 0.494 e. The Balaban J connectivity index is 1.95. The standard InChI is InChI=1S/C23H29NO5S/c1-3-4-5-9-14-29-19-12-13-20-17(15-19)16-21(24-20)23(2,22(25)30(26,27)28)18-10-7-6-8-11-18/h6-8,10-13,15-16,22,24-25H,3-5,9,14H2,1-2H3,(H,26,27,28). The van der Waals surface area contributed by atoms with Crippen molar-refractivity contribution < 1.29 is 22.8 Å². The molecule has 3 aromatic rings. The van der Waals surface area contributed by atoms with E-state index in [9.17, 15) is 18.1 Å². The second kappa shape index (κ2) is 9.20. The third-order valence-electron chi connectivity index (χ3n) is 5.57. The van der Waals surface area contributed by atoms with Crippen LogP contribution in [0.5, 0.6) is 5.75 Å². The summed E-state index contributed by atoms with van der Waals surface area (Å²) in [6.45, 7) is 4.41. The van der Waals surface area contributed by atoms with Gasteiger partial charge >= 0.3 is 0 Å². The van der Waals surface area contributed by atoms with E-state index in [0.717, 1.165) is 29.5 Å². The normalized spacial score (nSPS) is 15.1. The summed E-state index contributed by atoms with van der Waals surface area (Å²) in [5, 5.41) is 11.4. The lowest BCUT2D eigenvalue weighted by molar-refractivity contribution is 0.169. The molecule has 0 spiro atoms. The Bertz CT molecular complexity index is 1080. The SMILES string of the molecule is CCCCCCOc1ccc2[nH]c(C(C)(c3ccccc3)C(O)S(=O)(=O)O)cc2c1. The number of H-pyrrole nitrogens is 1. The number of benzene rings is 2. The van der Waals surface area contributed by atoms with Gasteiger partial charge in [-0.2, -0.15) is 8.42 Å². The second-order valence-corrected chi connectivity index (χ2v) is 9.25. The third-order valence-corrected chi connectivity index (χ3v) is 6.60. The van der Waals surface area contributed by atoms with E-state index in [-0.39, 0.29) is 0 Å². The summed E-state index contributed by atoms with van der Waals surface area (Å²) < 4.78 is 39.2. The lowest BCUT2D eigenvalue weighted by Crippen LogP contribution is -2.43. The van der Waals surface area contributed by atoms with Crippen LogP contribution in [0.1, 0.15) is 50.8 Å². The molecule has 0 bridgehead atoms. The summed E-state index contributed by atoms with van der Waals surface area (Å²) in [5.74, 6) is 0.737. The van der Waals surface area contributed by atoms with Crippen molar-refractivity contribution in [1.82, 2.24) is 4.98 Å². The molecular formula is C23H29NO5S. The van der Waals surface area contributed by atoms with Crippen LogP contribution in [0.15, 0.2) is 54.6 Å². The van der Waals surface area contributed by atoms with Gasteiger partial charge in [-0.3, -0.25) is 4.55 Å². The van der Waals surface area contributed by atoms with Crippen molar-refractivity contribution in [3.05, 3.63) is 65.9 Å². The molecule has 0 saturated carbocycles. The molecule has 3 rings (SSSR count). The summed E-state index contributed by atoms with van der Waals surface area (Å²) in [6, 6.07) is 16.2. The van der Waals surface area contributed by atoms with E-state index in [1.54, 1.807) is 43.3 Å². The summed E-state index contributed by atoms with van der Waals surface area (Å²) in [5.41, 5.74) is -1.60. The maximum absolute atomic E-state index is 11.9. The zero-order valence-electron chi connectivity index (χ0n) is 17.3. The molecule has 162 valence electrons. The fourth-order valence-electron chi connectivity index (χ4n) is 3.71. The number of aromatic nitrogens is 1. The Morgan fingerprint density at radius 3 is 2.47 bits per heavy atom. The van der Waals surface area contributed by atoms with Crippen molar-refractivity contribution in [1.29, 1.82) is 0 Å². The predicted molar refractivity (Wildman–Crippen MR) is 118 cm³/mol. The molecule has 30 heavy (non-hydrogen) atoms. The Kier molecular flexibility index (Phi) is 6.85. The third kappa shape index (κ3) is 4.69. The van der Waals surface area contributed by atoms with Crippen molar-refractivity contribution in [3.8, 4) is 5.75 Å². The Morgan fingerprint density at radius 1 is 1.07 bits per heavy atom. The molecule has 0 aliphatic rings. The number of aliphatic hydroxyl groups excluding tert-OH is 1. The minimum Gasteiger partial charge on any atom is -0.494 e. The number of aromatic amines is 1. The van der Waals surface area contributed by atoms with Gasteiger partial charge in [0.1, 0.15) is 5.75 Å². The number of fused-ring (bicyclic) bond motifs is 1. The molecule has 0 fully saturated rings. The number of unbranched alkanes of at least 4 members (excludes halogenated alkanes) is 3. The Hall–Kier alpha value is -2.35. The van der Waals surface area contributed by atoms with Crippen LogP contribution in [-0.4, -0.2) is 35.1 Å². The molecule has 6 nitrogen and oxygen atoms in total. The van der Waals surface area contributed by atoms with Crippen LogP contribution in [0.3, 0.4) is 0 Å². The van der Waals surface area contributed by atoms with E-state index in [4.69, 9.17) is 4.74 Å². The number of hydrogen-bond donors (Lipinski definition) is 3. The molecule has 0 aliphatic carbocycles. The van der Waals surface area contributed by atoms with E-state index in [0.29, 0.717) is 17.9 Å². The van der Waals surface area contributed by atoms with Crippen molar-refractivity contribution in [3.63, 3.8) is 0 Å². The molecule has 2 atom stereocenters. The first kappa shape index (κ1) is 22.3. The van der Waals surface area contributed by atoms with E-state index in [1.807, 2.05) is 18.2 Å². The van der Waals surface area contributed by atoms with Crippen molar-refractivity contribution in [2.24, 2.45) is 0 Å². The zero-order valence-corrected chi connectivity index (χ0v) is 18.2. The minimum atomic E-state index is -4.71. The van der Waals surface area contributed by atoms with Gasteiger partial charge in [-0.15, -0.1) is 0 Å². The number of aliphatic hydroxyl groups is 1. The van der Waals surface area contributed by atoms with Crippen molar-refractivity contribution in [2.45, 2.75) is 50.4 Å². The maximum Gasteiger partial charge on any atom is 0.293 e. The van der Waals surface area contributed by atoms with Gasteiger partial charge in [0.25, 0.3) is 10.1 Å². The first-order chi connectivity index (χ1) is 14.3. The van der Waals surface area contributed by atoms with Crippen LogP contribution in [-0.2, 0) is 15.5 Å². The molecule has 2 unspecified atom stereocenters. The highest BCUT2D eigenvalue weighted by Crippen LogP contribution is 2.38. The van der Waals surface area contributed by atoms with Gasteiger partial charge in [-0.25, -0.2) is 0 Å². The maximum atomic E-state index is 11.9. The highest BCUT2D eigenvalue weighted by molar-refractivity contribution is 7.86. The molecule has 0 amide bonds. The van der Waals surface area contributed by atoms with Crippen LogP contribution < -0.4 is 4.74 Å². The van der Waals surface area contributed by atoms with Crippen LogP contribution >= 0.6 is 0 Å². The zero-order chi connectivity index (χ0) is 21.8. The van der Waals surface area contributed by atoms with Crippen molar-refractivity contribution in [2.75, 3.05) is 6.61 Å². The molecule has 1 aromatic heterocycles. The smallest absolute Gasteiger partial charge is 0.293 e. The van der Waals surface area contributed by atoms with Crippen molar-refractivity contribution >= 4 is 21.0 Å². The van der Waals surface area contributed by atoms with Crippen LogP contribution in [0.2, 0.25) is 0 Å². The van der Waals surface area contributed by atoms with Crippen LogP contribution in [0, 0.1) is 0 Å². The fourth-order valence-corrected chi connectivity index (χ4v) is 4.57. The van der Waals surface area contributed by atoms with Gasteiger partial charge < -0.3 is 14.8 Å². The van der Waals surface area contributed by atoms with Gasteiger partial charge in [0.2, 0.25) is 0 Å². The van der Waals surface area contributed by atoms with E-state index in [2.05, 4.69) is 11.9 Å². The number of hydrogen-bond acceptors (Lipinski definition) is 4. The average molecular weight is 432 g/mol. The molecule has 0 aliphatic heterocycles. The highest BCUT2D eigenvalue weighted by Gasteiger charge is 2.45. The lowest BCUT2D eigenvalue weighted by Gasteiger charge is -2.32. The predicted octanol–water partition coefficient (Wildman–Crippen LogP) is 4.64. The molecule has 1 heterocycles. The number of rotatable bonds is 10. The van der Waals surface area contributed by atoms with Gasteiger partial charge in [0, 0.05) is 16.6 Å². The van der Waals surface area contributed by atoms with Gasteiger partial charge in [0.15, 0.2) is 5.44 Å². The Labute approximate surface area is 177 Å². The van der Waals surface area contributed by atoms with Crippen LogP contribution in [0.25, 0.3) is 10.9 Å². The molecular weight excluding hydrogens is 402 g/mol. The first-order valence-electron chi connectivity index (χ1n) is 10.2. The molecule has 7 heteroatoms. The molecule has 0 radical (unpaired) electrons. The highest BCUT2D eigenvalue weighted by atomic mass is 32.2. The summed E-state index contributed by atoms with van der Waals surface area (Å²) >= 11 is 0. The summed E-state index contributed by atoms with van der Waals surface area (Å²) in [6.07, 6.45) is 4.50. The summed E-state index contributed by atoms with van der Waals surface area (Å²) in [4.78, 5) is 3.21. The number of ether oxygens (including phenoxy) is 1. The van der Waals surface area contributed by atoms with E-state index >= 15 is 0 Å². The van der Waals surface area contributed by atoms with Gasteiger partial charge in [-0.05, 0) is 43.2 Å². The lowest BCUT2D eigenvalue weighted by atomic mass is 9.80. The fraction of sp³-hybridized carbons (Fsp3) is 0.391. The van der Waals surface area contributed by atoms with E-state index in [1.165, 1.54) is 12.8 Å². The second-order valence-electron chi connectivity index (χ2n) is 7.78. The van der Waals surface area contributed by atoms with Crippen LogP contribution in [0.4, 0.5) is 0 Å². The first-order valence-corrected chi connectivity index (χ1v) is 11.7. The molecule has 3 N–H and O–H groups in total.